The second-order valence-corrected chi connectivity index (χ2v) is 5.57. The molecule has 0 heterocycles. The number of nitrogens with one attached hydrogen (secondary N) is 1. The van der Waals surface area contributed by atoms with Crippen LogP contribution in [0.4, 0.5) is 17.1 Å². The van der Waals surface area contributed by atoms with E-state index in [-0.39, 0.29) is 0 Å². The lowest BCUT2D eigenvalue weighted by Crippen LogP contribution is -1.97. The van der Waals surface area contributed by atoms with E-state index in [1.54, 1.807) is 12.1 Å². The first-order valence-corrected chi connectivity index (χ1v) is 6.67. The second-order valence-electron chi connectivity index (χ2n) is 3.48. The fraction of sp³-hybridized carbons (Fsp3) is 0. The third-order valence-corrected chi connectivity index (χ3v) is 3.43. The first-order chi connectivity index (χ1) is 8.06. The molecule has 0 bridgehead atoms. The first-order valence-electron chi connectivity index (χ1n) is 4.83. The molecule has 2 nitrogen and oxygen atoms in total. The summed E-state index contributed by atoms with van der Waals surface area (Å²) in [4.78, 5) is 0. The van der Waals surface area contributed by atoms with Crippen LogP contribution in [0, 0.1) is 3.57 Å². The van der Waals surface area contributed by atoms with Crippen LogP contribution in [0.1, 0.15) is 0 Å². The van der Waals surface area contributed by atoms with Crippen molar-refractivity contribution in [3.05, 3.63) is 50.0 Å². The zero-order chi connectivity index (χ0) is 12.4. The molecule has 0 spiro atoms. The Hall–Kier alpha value is -0.650. The Bertz CT molecular complexity index is 509. The zero-order valence-electron chi connectivity index (χ0n) is 8.68. The summed E-state index contributed by atoms with van der Waals surface area (Å²) in [5.74, 6) is 0. The Kier molecular flexibility index (Phi) is 4.01. The van der Waals surface area contributed by atoms with Crippen molar-refractivity contribution in [1.82, 2.24) is 0 Å². The summed E-state index contributed by atoms with van der Waals surface area (Å²) in [6.45, 7) is 0. The van der Waals surface area contributed by atoms with Crippen molar-refractivity contribution in [1.29, 1.82) is 0 Å². The van der Waals surface area contributed by atoms with Gasteiger partial charge in [-0.05, 0) is 59.0 Å². The smallest absolute Gasteiger partial charge is 0.0655 e. The highest BCUT2D eigenvalue weighted by molar-refractivity contribution is 14.1. The normalized spacial score (nSPS) is 10.3. The van der Waals surface area contributed by atoms with Gasteiger partial charge >= 0.3 is 0 Å². The van der Waals surface area contributed by atoms with Gasteiger partial charge in [-0.15, -0.1) is 0 Å². The molecule has 0 atom stereocenters. The molecule has 0 aliphatic heterocycles. The molecule has 2 aromatic carbocycles. The van der Waals surface area contributed by atoms with E-state index < -0.39 is 0 Å². The van der Waals surface area contributed by atoms with Gasteiger partial charge in [-0.2, -0.15) is 0 Å². The summed E-state index contributed by atoms with van der Waals surface area (Å²) in [6, 6.07) is 11.1. The van der Waals surface area contributed by atoms with Crippen molar-refractivity contribution in [2.45, 2.75) is 0 Å². The lowest BCUT2D eigenvalue weighted by Gasteiger charge is -2.11. The van der Waals surface area contributed by atoms with E-state index in [1.807, 2.05) is 24.3 Å². The van der Waals surface area contributed by atoms with Gasteiger partial charge in [-0.3, -0.25) is 0 Å². The van der Waals surface area contributed by atoms with Crippen molar-refractivity contribution in [2.75, 3.05) is 11.1 Å². The maximum atomic E-state index is 6.07. The summed E-state index contributed by atoms with van der Waals surface area (Å²) in [5.41, 5.74) is 8.21. The molecule has 0 aliphatic rings. The summed E-state index contributed by atoms with van der Waals surface area (Å²) < 4.78 is 1.09. The van der Waals surface area contributed by atoms with Gasteiger partial charge in [0.2, 0.25) is 0 Å². The van der Waals surface area contributed by atoms with E-state index in [2.05, 4.69) is 27.9 Å². The topological polar surface area (TPSA) is 38.0 Å². The quantitative estimate of drug-likeness (QED) is 0.574. The number of hydrogen-bond donors (Lipinski definition) is 2. The third kappa shape index (κ3) is 3.18. The average Bonchev–Trinajstić information content (AvgIpc) is 2.25. The lowest BCUT2D eigenvalue weighted by molar-refractivity contribution is 1.53. The van der Waals surface area contributed by atoms with Crippen molar-refractivity contribution in [3.63, 3.8) is 0 Å². The molecule has 0 saturated carbocycles. The number of nitrogens with two attached hydrogens (primary N) is 1. The molecule has 2 aromatic rings. The van der Waals surface area contributed by atoms with E-state index in [0.717, 1.165) is 14.9 Å². The standard InChI is InChI=1S/C12H9Cl2IN2/c13-7-1-3-11(9(14)5-7)17-12-4-2-8(15)6-10(12)16/h1-6,17H,16H2. The van der Waals surface area contributed by atoms with Gasteiger partial charge in [-0.25, -0.2) is 0 Å². The van der Waals surface area contributed by atoms with Crippen LogP contribution >= 0.6 is 45.8 Å². The minimum Gasteiger partial charge on any atom is -0.397 e. The molecule has 0 fully saturated rings. The molecule has 17 heavy (non-hydrogen) atoms. The molecule has 3 N–H and O–H groups in total. The monoisotopic (exact) mass is 378 g/mol. The van der Waals surface area contributed by atoms with Gasteiger partial charge in [0.25, 0.3) is 0 Å². The molecule has 0 radical (unpaired) electrons. The highest BCUT2D eigenvalue weighted by Crippen LogP contribution is 2.30. The van der Waals surface area contributed by atoms with Crippen molar-refractivity contribution >= 4 is 62.9 Å². The first kappa shape index (κ1) is 12.8. The minimum atomic E-state index is 0.565. The third-order valence-electron chi connectivity index (χ3n) is 2.21. The second kappa shape index (κ2) is 5.33. The predicted molar refractivity (Wildman–Crippen MR) is 83.3 cm³/mol. The van der Waals surface area contributed by atoms with E-state index in [1.165, 1.54) is 0 Å². The van der Waals surface area contributed by atoms with Gasteiger partial charge in [0, 0.05) is 8.59 Å². The highest BCUT2D eigenvalue weighted by atomic mass is 127. The van der Waals surface area contributed by atoms with Gasteiger partial charge in [0.1, 0.15) is 0 Å². The minimum absolute atomic E-state index is 0.565. The van der Waals surface area contributed by atoms with Crippen LogP contribution in [0.5, 0.6) is 0 Å². The predicted octanol–water partition coefficient (Wildman–Crippen LogP) is 4.92. The van der Waals surface area contributed by atoms with Gasteiger partial charge < -0.3 is 11.1 Å². The highest BCUT2D eigenvalue weighted by Gasteiger charge is 2.04. The Labute approximate surface area is 123 Å². The maximum absolute atomic E-state index is 6.07. The van der Waals surface area contributed by atoms with Crippen molar-refractivity contribution in [3.8, 4) is 0 Å². The van der Waals surface area contributed by atoms with Crippen LogP contribution in [0.25, 0.3) is 0 Å². The maximum Gasteiger partial charge on any atom is 0.0655 e. The number of rotatable bonds is 2. The number of benzene rings is 2. The van der Waals surface area contributed by atoms with E-state index >= 15 is 0 Å². The molecule has 0 aliphatic carbocycles. The summed E-state index contributed by atoms with van der Waals surface area (Å²) >= 11 is 14.1. The molecular formula is C12H9Cl2IN2. The van der Waals surface area contributed by atoms with E-state index in [9.17, 15) is 0 Å². The van der Waals surface area contributed by atoms with Crippen molar-refractivity contribution < 1.29 is 0 Å². The summed E-state index contributed by atoms with van der Waals surface area (Å²) in [5, 5.41) is 4.35. The molecule has 5 heteroatoms. The zero-order valence-corrected chi connectivity index (χ0v) is 12.3. The molecule has 0 saturated heterocycles. The fourth-order valence-corrected chi connectivity index (χ4v) is 2.35. The van der Waals surface area contributed by atoms with Crippen LogP contribution in [0.15, 0.2) is 36.4 Å². The van der Waals surface area contributed by atoms with Crippen LogP contribution in [0.2, 0.25) is 10.0 Å². The summed E-state index contributed by atoms with van der Waals surface area (Å²) in [7, 11) is 0. The Morgan fingerprint density at radius 2 is 1.71 bits per heavy atom. The molecular weight excluding hydrogens is 370 g/mol. The number of hydrogen-bond acceptors (Lipinski definition) is 2. The SMILES string of the molecule is Nc1cc(I)ccc1Nc1ccc(Cl)cc1Cl. The number of anilines is 3. The van der Waals surface area contributed by atoms with Gasteiger partial charge in [-0.1, -0.05) is 23.2 Å². The van der Waals surface area contributed by atoms with Crippen LogP contribution in [-0.4, -0.2) is 0 Å². The average molecular weight is 379 g/mol. The van der Waals surface area contributed by atoms with Crippen LogP contribution < -0.4 is 11.1 Å². The van der Waals surface area contributed by atoms with Crippen molar-refractivity contribution in [2.24, 2.45) is 0 Å². The Balaban J connectivity index is 2.31. The fourth-order valence-electron chi connectivity index (χ4n) is 1.38. The number of halogens is 3. The Morgan fingerprint density at radius 3 is 2.35 bits per heavy atom. The molecule has 0 unspecified atom stereocenters. The van der Waals surface area contributed by atoms with Crippen LogP contribution in [0.3, 0.4) is 0 Å². The molecule has 88 valence electrons. The van der Waals surface area contributed by atoms with E-state index in [4.69, 9.17) is 28.9 Å². The molecule has 2 rings (SSSR count). The van der Waals surface area contributed by atoms with E-state index in [0.29, 0.717) is 15.7 Å². The molecule has 0 aromatic heterocycles. The summed E-state index contributed by atoms with van der Waals surface area (Å²) in [6.07, 6.45) is 0. The lowest BCUT2D eigenvalue weighted by atomic mass is 10.2. The van der Waals surface area contributed by atoms with Crippen LogP contribution in [-0.2, 0) is 0 Å². The number of nitrogen functional groups attached to an aromatic ring is 1. The largest absolute Gasteiger partial charge is 0.397 e. The van der Waals surface area contributed by atoms with Gasteiger partial charge in [0.15, 0.2) is 0 Å². The Morgan fingerprint density at radius 1 is 1.00 bits per heavy atom. The van der Waals surface area contributed by atoms with Gasteiger partial charge in [0.05, 0.1) is 22.1 Å². The molecule has 0 amide bonds.